The van der Waals surface area contributed by atoms with E-state index in [-0.39, 0.29) is 23.4 Å². The lowest BCUT2D eigenvalue weighted by Crippen LogP contribution is -2.50. The van der Waals surface area contributed by atoms with Crippen molar-refractivity contribution in [2.45, 2.75) is 18.9 Å². The molecule has 1 fully saturated rings. The van der Waals surface area contributed by atoms with E-state index in [0.717, 1.165) is 29.1 Å². The van der Waals surface area contributed by atoms with E-state index < -0.39 is 0 Å². The summed E-state index contributed by atoms with van der Waals surface area (Å²) < 4.78 is 7.14. The summed E-state index contributed by atoms with van der Waals surface area (Å²) in [6.45, 7) is 1.92. The Labute approximate surface area is 181 Å². The van der Waals surface area contributed by atoms with Crippen LogP contribution in [0.2, 0.25) is 0 Å². The number of pyridine rings is 1. The fraction of sp³-hybridized carbons (Fsp3) is 0.280. The smallest absolute Gasteiger partial charge is 0.321 e. The van der Waals surface area contributed by atoms with Crippen molar-refractivity contribution in [1.82, 2.24) is 9.47 Å². The molecule has 5 rings (SSSR count). The Morgan fingerprint density at radius 3 is 2.48 bits per heavy atom. The van der Waals surface area contributed by atoms with E-state index in [2.05, 4.69) is 11.4 Å². The number of urea groups is 1. The zero-order chi connectivity index (χ0) is 21.4. The highest BCUT2D eigenvalue weighted by molar-refractivity contribution is 5.89. The number of methoxy groups -OCH3 is 1. The third-order valence-corrected chi connectivity index (χ3v) is 6.32. The van der Waals surface area contributed by atoms with E-state index in [0.29, 0.717) is 25.2 Å². The summed E-state index contributed by atoms with van der Waals surface area (Å²) in [4.78, 5) is 28.0. The molecule has 158 valence electrons. The zero-order valence-electron chi connectivity index (χ0n) is 17.5. The third kappa shape index (κ3) is 3.69. The quantitative estimate of drug-likeness (QED) is 0.698. The number of carbonyl (C=O) groups is 1. The summed E-state index contributed by atoms with van der Waals surface area (Å²) in [7, 11) is 1.63. The molecule has 2 aromatic carbocycles. The van der Waals surface area contributed by atoms with Gasteiger partial charge in [0.15, 0.2) is 0 Å². The number of fused-ring (bicyclic) bond motifs is 4. The van der Waals surface area contributed by atoms with Crippen molar-refractivity contribution in [3.8, 4) is 16.9 Å². The monoisotopic (exact) mass is 415 g/mol. The normalized spacial score (nSPS) is 19.5. The van der Waals surface area contributed by atoms with Crippen LogP contribution < -0.4 is 15.6 Å². The van der Waals surface area contributed by atoms with Gasteiger partial charge in [-0.15, -0.1) is 0 Å². The van der Waals surface area contributed by atoms with Crippen molar-refractivity contribution in [1.29, 1.82) is 0 Å². The summed E-state index contributed by atoms with van der Waals surface area (Å²) in [6.07, 6.45) is 1.01. The third-order valence-electron chi connectivity index (χ3n) is 6.32. The molecule has 0 aliphatic carbocycles. The number of para-hydroxylation sites is 1. The molecule has 3 heterocycles. The maximum atomic E-state index is 13.3. The van der Waals surface area contributed by atoms with Gasteiger partial charge in [0.1, 0.15) is 5.75 Å². The SMILES string of the molecule is COc1ccc(-c2ccc3n(c2=O)C[C@H]2C[C@@H]3CN(C(=O)Nc3ccccc3)C2)cc1. The molecule has 0 unspecified atom stereocenters. The standard InChI is InChI=1S/C25H25N3O3/c1-31-21-9-7-18(8-10-21)22-11-12-23-19-13-17(15-28(23)24(22)29)14-27(16-19)25(30)26-20-5-3-2-4-6-20/h2-12,17,19H,13-16H2,1H3,(H,26,30)/t17-,19+/m0/s1. The number of likely N-dealkylation sites (tertiary alicyclic amines) is 1. The van der Waals surface area contributed by atoms with Crippen LogP contribution in [0, 0.1) is 5.92 Å². The van der Waals surface area contributed by atoms with Gasteiger partial charge in [-0.1, -0.05) is 30.3 Å². The topological polar surface area (TPSA) is 63.6 Å². The number of aromatic nitrogens is 1. The molecule has 2 amide bonds. The van der Waals surface area contributed by atoms with Crippen molar-refractivity contribution in [3.63, 3.8) is 0 Å². The number of nitrogens with zero attached hydrogens (tertiary/aromatic N) is 2. The van der Waals surface area contributed by atoms with Crippen LogP contribution in [0.5, 0.6) is 5.75 Å². The Morgan fingerprint density at radius 2 is 1.74 bits per heavy atom. The van der Waals surface area contributed by atoms with Crippen LogP contribution >= 0.6 is 0 Å². The number of anilines is 1. The lowest BCUT2D eigenvalue weighted by Gasteiger charge is -2.42. The van der Waals surface area contributed by atoms with Gasteiger partial charge < -0.3 is 19.5 Å². The molecule has 0 radical (unpaired) electrons. The lowest BCUT2D eigenvalue weighted by molar-refractivity contribution is 0.139. The number of benzene rings is 2. The average molecular weight is 415 g/mol. The van der Waals surface area contributed by atoms with Gasteiger partial charge in [-0.25, -0.2) is 4.79 Å². The Hall–Kier alpha value is -3.54. The molecule has 6 nitrogen and oxygen atoms in total. The second-order valence-corrected chi connectivity index (χ2v) is 8.32. The number of nitrogens with one attached hydrogen (secondary N) is 1. The predicted octanol–water partition coefficient (Wildman–Crippen LogP) is 4.18. The Morgan fingerprint density at radius 1 is 0.968 bits per heavy atom. The molecule has 2 aliphatic heterocycles. The minimum Gasteiger partial charge on any atom is -0.497 e. The van der Waals surface area contributed by atoms with Crippen LogP contribution in [0.1, 0.15) is 18.0 Å². The molecule has 1 saturated heterocycles. The second kappa shape index (κ2) is 7.95. The number of rotatable bonds is 3. The summed E-state index contributed by atoms with van der Waals surface area (Å²) in [5.41, 5.74) is 3.45. The molecule has 1 N–H and O–H groups in total. The fourth-order valence-corrected chi connectivity index (χ4v) is 4.83. The van der Waals surface area contributed by atoms with Crippen LogP contribution in [0.4, 0.5) is 10.5 Å². The Balaban J connectivity index is 1.39. The number of hydrogen-bond acceptors (Lipinski definition) is 3. The maximum Gasteiger partial charge on any atom is 0.321 e. The first-order valence-electron chi connectivity index (χ1n) is 10.6. The van der Waals surface area contributed by atoms with Gasteiger partial charge >= 0.3 is 6.03 Å². The van der Waals surface area contributed by atoms with Gasteiger partial charge in [-0.3, -0.25) is 4.79 Å². The first-order chi connectivity index (χ1) is 15.1. The molecule has 0 spiro atoms. The Kier molecular flexibility index (Phi) is 4.98. The van der Waals surface area contributed by atoms with E-state index in [1.165, 1.54) is 0 Å². The van der Waals surface area contributed by atoms with Gasteiger partial charge in [-0.2, -0.15) is 0 Å². The average Bonchev–Trinajstić information content (AvgIpc) is 2.80. The van der Waals surface area contributed by atoms with Crippen LogP contribution in [0.3, 0.4) is 0 Å². The summed E-state index contributed by atoms with van der Waals surface area (Å²) in [5, 5.41) is 2.98. The van der Waals surface area contributed by atoms with Gasteiger partial charge in [0.25, 0.3) is 5.56 Å². The highest BCUT2D eigenvalue weighted by Gasteiger charge is 2.36. The predicted molar refractivity (Wildman–Crippen MR) is 121 cm³/mol. The molecule has 3 aromatic rings. The van der Waals surface area contributed by atoms with Gasteiger partial charge in [-0.05, 0) is 54.3 Å². The van der Waals surface area contributed by atoms with E-state index in [4.69, 9.17) is 4.74 Å². The minimum absolute atomic E-state index is 0.0413. The molecule has 31 heavy (non-hydrogen) atoms. The van der Waals surface area contributed by atoms with Crippen molar-refractivity contribution < 1.29 is 9.53 Å². The highest BCUT2D eigenvalue weighted by atomic mass is 16.5. The zero-order valence-corrected chi connectivity index (χ0v) is 17.5. The number of carbonyl (C=O) groups excluding carboxylic acids is 1. The number of ether oxygens (including phenoxy) is 1. The lowest BCUT2D eigenvalue weighted by atomic mass is 9.83. The van der Waals surface area contributed by atoms with E-state index in [1.54, 1.807) is 7.11 Å². The molecule has 2 bridgehead atoms. The van der Waals surface area contributed by atoms with E-state index in [1.807, 2.05) is 70.1 Å². The minimum atomic E-state index is -0.0773. The first kappa shape index (κ1) is 19.4. The molecular weight excluding hydrogens is 390 g/mol. The molecule has 1 aromatic heterocycles. The molecule has 2 atom stereocenters. The largest absolute Gasteiger partial charge is 0.497 e. The second-order valence-electron chi connectivity index (χ2n) is 8.32. The summed E-state index contributed by atoms with van der Waals surface area (Å²) in [6, 6.07) is 21.0. The summed E-state index contributed by atoms with van der Waals surface area (Å²) >= 11 is 0. The van der Waals surface area contributed by atoms with Gasteiger partial charge in [0.2, 0.25) is 0 Å². The van der Waals surface area contributed by atoms with Crippen LogP contribution in [-0.2, 0) is 6.54 Å². The van der Waals surface area contributed by atoms with Crippen LogP contribution in [0.15, 0.2) is 71.5 Å². The van der Waals surface area contributed by atoms with Crippen molar-refractivity contribution in [3.05, 3.63) is 82.8 Å². The maximum absolute atomic E-state index is 13.3. The van der Waals surface area contributed by atoms with Gasteiger partial charge in [0, 0.05) is 42.5 Å². The molecule has 6 heteroatoms. The number of piperidine rings is 1. The van der Waals surface area contributed by atoms with E-state index in [9.17, 15) is 9.59 Å². The van der Waals surface area contributed by atoms with Crippen molar-refractivity contribution >= 4 is 11.7 Å². The first-order valence-corrected chi connectivity index (χ1v) is 10.6. The fourth-order valence-electron chi connectivity index (χ4n) is 4.83. The highest BCUT2D eigenvalue weighted by Crippen LogP contribution is 2.36. The molecular formula is C25H25N3O3. The number of hydrogen-bond donors (Lipinski definition) is 1. The molecule has 2 aliphatic rings. The van der Waals surface area contributed by atoms with E-state index >= 15 is 0 Å². The van der Waals surface area contributed by atoms with Crippen LogP contribution in [0.25, 0.3) is 11.1 Å². The van der Waals surface area contributed by atoms with Crippen LogP contribution in [-0.4, -0.2) is 35.7 Å². The van der Waals surface area contributed by atoms with Crippen molar-refractivity contribution in [2.24, 2.45) is 5.92 Å². The summed E-state index contributed by atoms with van der Waals surface area (Å²) in [5.74, 6) is 1.22. The number of amides is 2. The van der Waals surface area contributed by atoms with Crippen molar-refractivity contribution in [2.75, 3.05) is 25.5 Å². The molecule has 0 saturated carbocycles. The Bertz CT molecular complexity index is 1150. The van der Waals surface area contributed by atoms with Gasteiger partial charge in [0.05, 0.1) is 7.11 Å².